The van der Waals surface area contributed by atoms with Gasteiger partial charge in [0.15, 0.2) is 0 Å². The number of benzene rings is 1. The molecule has 0 aliphatic carbocycles. The second kappa shape index (κ2) is 3.58. The van der Waals surface area contributed by atoms with Crippen molar-refractivity contribution in [1.29, 1.82) is 0 Å². The lowest BCUT2D eigenvalue weighted by atomic mass is 9.77. The summed E-state index contributed by atoms with van der Waals surface area (Å²) in [6.45, 7) is 10.7. The molecule has 0 aromatic heterocycles. The van der Waals surface area contributed by atoms with Gasteiger partial charge in [0.1, 0.15) is 0 Å². The molecule has 1 heteroatoms. The third-order valence-electron chi connectivity index (χ3n) is 3.00. The summed E-state index contributed by atoms with van der Waals surface area (Å²) >= 11 is 6.59. The lowest BCUT2D eigenvalue weighted by Gasteiger charge is -2.36. The molecule has 0 aliphatic rings. The Balaban J connectivity index is 3.10. The zero-order chi connectivity index (χ0) is 11.0. The number of rotatable bonds is 1. The Morgan fingerprint density at radius 3 is 1.71 bits per heavy atom. The van der Waals surface area contributed by atoms with Crippen LogP contribution in [-0.2, 0) is 4.87 Å². The van der Waals surface area contributed by atoms with Crippen LogP contribution in [0.4, 0.5) is 0 Å². The third kappa shape index (κ3) is 2.12. The van der Waals surface area contributed by atoms with Gasteiger partial charge in [-0.2, -0.15) is 0 Å². The molecule has 0 nitrogen and oxygen atoms in total. The van der Waals surface area contributed by atoms with E-state index < -0.39 is 0 Å². The zero-order valence-electron chi connectivity index (χ0n) is 9.69. The Labute approximate surface area is 92.3 Å². The first-order valence-corrected chi connectivity index (χ1v) is 5.39. The number of halogens is 1. The first-order chi connectivity index (χ1) is 6.25. The molecular formula is C13H19Cl. The van der Waals surface area contributed by atoms with Gasteiger partial charge in [0.05, 0.1) is 4.87 Å². The highest BCUT2D eigenvalue weighted by molar-refractivity contribution is 6.24. The van der Waals surface area contributed by atoms with Gasteiger partial charge in [-0.15, -0.1) is 11.6 Å². The van der Waals surface area contributed by atoms with Crippen molar-refractivity contribution in [3.05, 3.63) is 35.4 Å². The number of alkyl halides is 1. The van der Waals surface area contributed by atoms with Crippen molar-refractivity contribution in [3.63, 3.8) is 0 Å². The Morgan fingerprint density at radius 1 is 0.929 bits per heavy atom. The van der Waals surface area contributed by atoms with Crippen molar-refractivity contribution < 1.29 is 0 Å². The third-order valence-corrected chi connectivity index (χ3v) is 3.79. The Morgan fingerprint density at radius 2 is 1.36 bits per heavy atom. The lowest BCUT2D eigenvalue weighted by Crippen LogP contribution is -2.31. The van der Waals surface area contributed by atoms with Gasteiger partial charge in [-0.1, -0.05) is 50.6 Å². The van der Waals surface area contributed by atoms with Crippen molar-refractivity contribution in [2.75, 3.05) is 0 Å². The minimum absolute atomic E-state index is 0.0593. The summed E-state index contributed by atoms with van der Waals surface area (Å²) in [6, 6.07) is 8.46. The summed E-state index contributed by atoms with van der Waals surface area (Å²) in [5, 5.41) is 0. The molecule has 0 saturated heterocycles. The van der Waals surface area contributed by atoms with Crippen LogP contribution in [0.1, 0.15) is 38.8 Å². The molecule has 0 N–H and O–H groups in total. The van der Waals surface area contributed by atoms with Crippen LogP contribution in [0.5, 0.6) is 0 Å². The molecule has 0 bridgehead atoms. The smallest absolute Gasteiger partial charge is 0.0715 e. The number of hydrogen-bond acceptors (Lipinski definition) is 0. The molecule has 0 spiro atoms. The molecule has 1 aromatic carbocycles. The summed E-state index contributed by atoms with van der Waals surface area (Å²) in [5.74, 6) is 0. The van der Waals surface area contributed by atoms with Crippen LogP contribution >= 0.6 is 11.6 Å². The summed E-state index contributed by atoms with van der Waals surface area (Å²) in [4.78, 5) is -0.305. The van der Waals surface area contributed by atoms with Crippen LogP contribution in [0.15, 0.2) is 24.3 Å². The van der Waals surface area contributed by atoms with Crippen LogP contribution in [0, 0.1) is 12.3 Å². The van der Waals surface area contributed by atoms with Crippen molar-refractivity contribution >= 4 is 11.6 Å². The van der Waals surface area contributed by atoms with Crippen LogP contribution in [0.2, 0.25) is 0 Å². The largest absolute Gasteiger partial charge is 0.114 e. The Bertz CT molecular complexity index is 301. The summed E-state index contributed by atoms with van der Waals surface area (Å²) in [7, 11) is 0. The Hall–Kier alpha value is -0.490. The zero-order valence-corrected chi connectivity index (χ0v) is 10.4. The fourth-order valence-corrected chi connectivity index (χ4v) is 1.43. The quantitative estimate of drug-likeness (QED) is 0.599. The molecule has 14 heavy (non-hydrogen) atoms. The molecule has 1 aromatic rings. The van der Waals surface area contributed by atoms with Gasteiger partial charge < -0.3 is 0 Å². The molecule has 0 heterocycles. The molecular weight excluding hydrogens is 192 g/mol. The van der Waals surface area contributed by atoms with E-state index in [1.807, 2.05) is 0 Å². The van der Waals surface area contributed by atoms with E-state index in [1.54, 1.807) is 0 Å². The summed E-state index contributed by atoms with van der Waals surface area (Å²) in [6.07, 6.45) is 0. The average molecular weight is 211 g/mol. The molecule has 78 valence electrons. The van der Waals surface area contributed by atoms with Crippen LogP contribution in [-0.4, -0.2) is 0 Å². The van der Waals surface area contributed by atoms with Crippen LogP contribution in [0.25, 0.3) is 0 Å². The van der Waals surface area contributed by atoms with Crippen LogP contribution in [0.3, 0.4) is 0 Å². The second-order valence-electron chi connectivity index (χ2n) is 5.12. The van der Waals surface area contributed by atoms with Gasteiger partial charge in [0, 0.05) is 0 Å². The highest BCUT2D eigenvalue weighted by Crippen LogP contribution is 2.44. The van der Waals surface area contributed by atoms with Crippen molar-refractivity contribution in [2.45, 2.75) is 39.5 Å². The minimum Gasteiger partial charge on any atom is -0.114 e. The van der Waals surface area contributed by atoms with Gasteiger partial charge in [-0.3, -0.25) is 0 Å². The fourth-order valence-electron chi connectivity index (χ4n) is 1.30. The van der Waals surface area contributed by atoms with E-state index in [-0.39, 0.29) is 10.3 Å². The van der Waals surface area contributed by atoms with Crippen molar-refractivity contribution in [3.8, 4) is 0 Å². The van der Waals surface area contributed by atoms with Crippen LogP contribution < -0.4 is 0 Å². The molecule has 1 rings (SSSR count). The molecule has 0 aliphatic heterocycles. The van der Waals surface area contributed by atoms with E-state index in [0.29, 0.717) is 0 Å². The molecule has 0 fully saturated rings. The van der Waals surface area contributed by atoms with Gasteiger partial charge >= 0.3 is 0 Å². The SMILES string of the molecule is Cc1ccc(C(C)(Cl)C(C)(C)C)cc1. The van der Waals surface area contributed by atoms with E-state index in [0.717, 1.165) is 0 Å². The fraction of sp³-hybridized carbons (Fsp3) is 0.538. The maximum atomic E-state index is 6.59. The predicted molar refractivity (Wildman–Crippen MR) is 63.8 cm³/mol. The first kappa shape index (κ1) is 11.6. The average Bonchev–Trinajstić information content (AvgIpc) is 2.03. The van der Waals surface area contributed by atoms with Crippen molar-refractivity contribution in [1.82, 2.24) is 0 Å². The topological polar surface area (TPSA) is 0 Å². The minimum atomic E-state index is -0.305. The van der Waals surface area contributed by atoms with E-state index in [1.165, 1.54) is 11.1 Å². The van der Waals surface area contributed by atoms with E-state index in [2.05, 4.69) is 58.9 Å². The van der Waals surface area contributed by atoms with Gasteiger partial charge in [-0.05, 0) is 24.8 Å². The maximum absolute atomic E-state index is 6.59. The van der Waals surface area contributed by atoms with Crippen molar-refractivity contribution in [2.24, 2.45) is 5.41 Å². The van der Waals surface area contributed by atoms with E-state index in [4.69, 9.17) is 11.6 Å². The number of aryl methyl sites for hydroxylation is 1. The van der Waals surface area contributed by atoms with Gasteiger partial charge in [0.25, 0.3) is 0 Å². The predicted octanol–water partition coefficient (Wildman–Crippen LogP) is 4.50. The Kier molecular flexibility index (Phi) is 2.96. The molecule has 0 radical (unpaired) electrons. The molecule has 1 atom stereocenters. The molecule has 0 saturated carbocycles. The molecule has 1 unspecified atom stereocenters. The maximum Gasteiger partial charge on any atom is 0.0715 e. The first-order valence-electron chi connectivity index (χ1n) is 5.01. The van der Waals surface area contributed by atoms with E-state index in [9.17, 15) is 0 Å². The standard InChI is InChI=1S/C13H19Cl/c1-10-6-8-11(9-7-10)13(5,14)12(2,3)4/h6-9H,1-5H3. The second-order valence-corrected chi connectivity index (χ2v) is 5.87. The summed E-state index contributed by atoms with van der Waals surface area (Å²) in [5.41, 5.74) is 2.52. The molecule has 0 amide bonds. The normalized spacial score (nSPS) is 16.4. The lowest BCUT2D eigenvalue weighted by molar-refractivity contribution is 0.296. The summed E-state index contributed by atoms with van der Waals surface area (Å²) < 4.78 is 0. The monoisotopic (exact) mass is 210 g/mol. The highest BCUT2D eigenvalue weighted by atomic mass is 35.5. The van der Waals surface area contributed by atoms with E-state index >= 15 is 0 Å². The van der Waals surface area contributed by atoms with Gasteiger partial charge in [0.2, 0.25) is 0 Å². The van der Waals surface area contributed by atoms with Gasteiger partial charge in [-0.25, -0.2) is 0 Å². The number of hydrogen-bond donors (Lipinski definition) is 0. The highest BCUT2D eigenvalue weighted by Gasteiger charge is 2.36.